The molecule has 172 valence electrons. The van der Waals surface area contributed by atoms with E-state index in [4.69, 9.17) is 4.74 Å². The van der Waals surface area contributed by atoms with Gasteiger partial charge in [0.05, 0.1) is 11.9 Å². The Morgan fingerprint density at radius 2 is 1.82 bits per heavy atom. The molecule has 9 nitrogen and oxygen atoms in total. The van der Waals surface area contributed by atoms with Gasteiger partial charge in [0.25, 0.3) is 0 Å². The van der Waals surface area contributed by atoms with Gasteiger partial charge in [0, 0.05) is 30.2 Å². The van der Waals surface area contributed by atoms with Gasteiger partial charge in [-0.2, -0.15) is 0 Å². The van der Waals surface area contributed by atoms with Gasteiger partial charge in [0.2, 0.25) is 5.91 Å². The summed E-state index contributed by atoms with van der Waals surface area (Å²) in [5.41, 5.74) is 3.39. The van der Waals surface area contributed by atoms with E-state index in [2.05, 4.69) is 26.1 Å². The maximum absolute atomic E-state index is 12.4. The lowest BCUT2D eigenvalue weighted by Crippen LogP contribution is -2.35. The summed E-state index contributed by atoms with van der Waals surface area (Å²) in [4.78, 5) is 24.4. The molecule has 0 bridgehead atoms. The number of hydrogen-bond acceptors (Lipinski definition) is 6. The van der Waals surface area contributed by atoms with Crippen LogP contribution in [0.25, 0.3) is 5.69 Å². The van der Waals surface area contributed by atoms with E-state index in [0.717, 1.165) is 25.1 Å². The van der Waals surface area contributed by atoms with Crippen molar-refractivity contribution in [3.63, 3.8) is 0 Å². The van der Waals surface area contributed by atoms with Gasteiger partial charge in [-0.05, 0) is 56.2 Å². The molecule has 1 aromatic heterocycles. The first-order valence-electron chi connectivity index (χ1n) is 10.7. The summed E-state index contributed by atoms with van der Waals surface area (Å²) in [5.74, 6) is 0.0319. The molecule has 3 amide bonds. The minimum Gasteiger partial charge on any atom is -0.376 e. The molecule has 0 saturated carbocycles. The number of aryl methyl sites for hydroxylation is 1. The Kier molecular flexibility index (Phi) is 7.59. The topological polar surface area (TPSA) is 110 Å². The van der Waals surface area contributed by atoms with E-state index >= 15 is 0 Å². The van der Waals surface area contributed by atoms with Crippen LogP contribution < -0.4 is 16.0 Å². The number of anilines is 2. The van der Waals surface area contributed by atoms with Crippen molar-refractivity contribution in [1.82, 2.24) is 20.1 Å². The summed E-state index contributed by atoms with van der Waals surface area (Å²) in [6, 6.07) is 14.7. The van der Waals surface area contributed by atoms with Gasteiger partial charge >= 0.3 is 6.03 Å². The van der Waals surface area contributed by atoms with Crippen LogP contribution in [0.1, 0.15) is 18.4 Å². The van der Waals surface area contributed by atoms with Crippen molar-refractivity contribution in [2.24, 2.45) is 0 Å². The smallest absolute Gasteiger partial charge is 0.319 e. The Morgan fingerprint density at radius 3 is 2.52 bits per heavy atom. The number of benzene rings is 2. The molecule has 0 spiro atoms. The van der Waals surface area contributed by atoms with Gasteiger partial charge in [-0.3, -0.25) is 9.36 Å². The number of ether oxygens (including phenoxy) is 1. The second kappa shape index (κ2) is 11.0. The fourth-order valence-electron chi connectivity index (χ4n) is 3.36. The lowest BCUT2D eigenvalue weighted by Gasteiger charge is -2.12. The van der Waals surface area contributed by atoms with Crippen LogP contribution in [0.2, 0.25) is 0 Å². The van der Waals surface area contributed by atoms with Crippen LogP contribution in [-0.4, -0.2) is 51.7 Å². The number of aromatic nitrogens is 3. The quantitative estimate of drug-likeness (QED) is 0.438. The van der Waals surface area contributed by atoms with Crippen LogP contribution in [0.4, 0.5) is 16.2 Å². The SMILES string of the molecule is Cc1ccc(-n2cnnc2SCC(=O)Nc2ccc(NC(=O)NCC3CCCO3)cc2)cc1. The van der Waals surface area contributed by atoms with Crippen LogP contribution in [0, 0.1) is 6.92 Å². The Labute approximate surface area is 196 Å². The number of nitrogens with one attached hydrogen (secondary N) is 3. The molecular formula is C23H26N6O3S. The number of amides is 3. The fraction of sp³-hybridized carbons (Fsp3) is 0.304. The van der Waals surface area contributed by atoms with Crippen molar-refractivity contribution < 1.29 is 14.3 Å². The first-order chi connectivity index (χ1) is 16.1. The summed E-state index contributed by atoms with van der Waals surface area (Å²) in [6.45, 7) is 3.28. The molecule has 1 aliphatic rings. The van der Waals surface area contributed by atoms with Crippen LogP contribution in [0.5, 0.6) is 0 Å². The normalized spacial score (nSPS) is 15.2. The lowest BCUT2D eigenvalue weighted by molar-refractivity contribution is -0.113. The number of urea groups is 1. The molecule has 10 heteroatoms. The maximum Gasteiger partial charge on any atom is 0.319 e. The molecular weight excluding hydrogens is 440 g/mol. The predicted molar refractivity (Wildman–Crippen MR) is 128 cm³/mol. The number of rotatable bonds is 8. The van der Waals surface area contributed by atoms with E-state index in [1.165, 1.54) is 17.3 Å². The van der Waals surface area contributed by atoms with Gasteiger partial charge in [0.15, 0.2) is 5.16 Å². The molecule has 1 unspecified atom stereocenters. The average Bonchev–Trinajstić information content (AvgIpc) is 3.50. The van der Waals surface area contributed by atoms with Crippen molar-refractivity contribution in [2.75, 3.05) is 29.5 Å². The molecule has 1 fully saturated rings. The monoisotopic (exact) mass is 466 g/mol. The van der Waals surface area contributed by atoms with Gasteiger partial charge in [-0.1, -0.05) is 29.5 Å². The number of thioether (sulfide) groups is 1. The van der Waals surface area contributed by atoms with Crippen molar-refractivity contribution in [2.45, 2.75) is 31.0 Å². The Balaban J connectivity index is 1.23. The third-order valence-corrected chi connectivity index (χ3v) is 6.04. The Hall–Kier alpha value is -3.37. The molecule has 33 heavy (non-hydrogen) atoms. The zero-order chi connectivity index (χ0) is 23.0. The molecule has 0 aliphatic carbocycles. The largest absolute Gasteiger partial charge is 0.376 e. The second-order valence-electron chi connectivity index (χ2n) is 7.70. The van der Waals surface area contributed by atoms with Crippen molar-refractivity contribution in [3.05, 3.63) is 60.4 Å². The third kappa shape index (κ3) is 6.56. The van der Waals surface area contributed by atoms with Gasteiger partial charge < -0.3 is 20.7 Å². The number of carbonyl (C=O) groups excluding carboxylic acids is 2. The van der Waals surface area contributed by atoms with E-state index < -0.39 is 0 Å². The van der Waals surface area contributed by atoms with E-state index in [9.17, 15) is 9.59 Å². The molecule has 1 aliphatic heterocycles. The molecule has 3 aromatic rings. The number of carbonyl (C=O) groups is 2. The Bertz CT molecular complexity index is 1080. The van der Waals surface area contributed by atoms with Crippen molar-refractivity contribution in [3.8, 4) is 5.69 Å². The fourth-order valence-corrected chi connectivity index (χ4v) is 4.09. The second-order valence-corrected chi connectivity index (χ2v) is 8.65. The summed E-state index contributed by atoms with van der Waals surface area (Å²) in [5, 5.41) is 17.2. The molecule has 3 N–H and O–H groups in total. The standard InChI is InChI=1S/C23H26N6O3S/c1-16-4-10-19(11-5-16)29-15-25-28-23(29)33-14-21(30)26-17-6-8-18(9-7-17)27-22(31)24-13-20-3-2-12-32-20/h4-11,15,20H,2-3,12-14H2,1H3,(H,26,30)(H2,24,27,31). The average molecular weight is 467 g/mol. The number of hydrogen-bond donors (Lipinski definition) is 3. The van der Waals surface area contributed by atoms with Crippen molar-refractivity contribution >= 4 is 35.1 Å². The van der Waals surface area contributed by atoms with E-state index in [0.29, 0.717) is 23.1 Å². The van der Waals surface area contributed by atoms with E-state index in [-0.39, 0.29) is 23.8 Å². The van der Waals surface area contributed by atoms with Crippen LogP contribution >= 0.6 is 11.8 Å². The highest BCUT2D eigenvalue weighted by Crippen LogP contribution is 2.21. The van der Waals surface area contributed by atoms with Gasteiger partial charge in [0.1, 0.15) is 6.33 Å². The zero-order valence-corrected chi connectivity index (χ0v) is 19.1. The predicted octanol–water partition coefficient (Wildman–Crippen LogP) is 3.61. The maximum atomic E-state index is 12.4. The molecule has 1 saturated heterocycles. The van der Waals surface area contributed by atoms with Crippen LogP contribution in [-0.2, 0) is 9.53 Å². The minimum atomic E-state index is -0.281. The van der Waals surface area contributed by atoms with Crippen LogP contribution in [0.15, 0.2) is 60.0 Å². The minimum absolute atomic E-state index is 0.0944. The van der Waals surface area contributed by atoms with Crippen LogP contribution in [0.3, 0.4) is 0 Å². The molecule has 1 atom stereocenters. The van der Waals surface area contributed by atoms with E-state index in [1.54, 1.807) is 30.6 Å². The third-order valence-electron chi connectivity index (χ3n) is 5.10. The lowest BCUT2D eigenvalue weighted by atomic mass is 10.2. The van der Waals surface area contributed by atoms with Crippen molar-refractivity contribution in [1.29, 1.82) is 0 Å². The van der Waals surface area contributed by atoms with Gasteiger partial charge in [-0.15, -0.1) is 10.2 Å². The molecule has 4 rings (SSSR count). The molecule has 0 radical (unpaired) electrons. The molecule has 2 aromatic carbocycles. The summed E-state index contributed by atoms with van der Waals surface area (Å²) in [6.07, 6.45) is 3.73. The van der Waals surface area contributed by atoms with Gasteiger partial charge in [-0.25, -0.2) is 4.79 Å². The summed E-state index contributed by atoms with van der Waals surface area (Å²) < 4.78 is 7.34. The van der Waals surface area contributed by atoms with E-state index in [1.807, 2.05) is 35.8 Å². The summed E-state index contributed by atoms with van der Waals surface area (Å²) >= 11 is 1.31. The summed E-state index contributed by atoms with van der Waals surface area (Å²) in [7, 11) is 0. The zero-order valence-electron chi connectivity index (χ0n) is 18.3. The molecule has 2 heterocycles. The highest BCUT2D eigenvalue weighted by atomic mass is 32.2. The highest BCUT2D eigenvalue weighted by molar-refractivity contribution is 7.99. The first-order valence-corrected chi connectivity index (χ1v) is 11.7. The highest BCUT2D eigenvalue weighted by Gasteiger charge is 2.16. The number of nitrogens with zero attached hydrogens (tertiary/aromatic N) is 3. The first kappa shape index (κ1) is 22.8. The Morgan fingerprint density at radius 1 is 1.09 bits per heavy atom.